The van der Waals surface area contributed by atoms with Gasteiger partial charge in [-0.1, -0.05) is 0 Å². The Morgan fingerprint density at radius 1 is 1.38 bits per heavy atom. The van der Waals surface area contributed by atoms with Gasteiger partial charge in [-0.25, -0.2) is 4.79 Å². The maximum absolute atomic E-state index is 11.7. The van der Waals surface area contributed by atoms with Crippen LogP contribution in [0.15, 0.2) is 35.4 Å². The second-order valence-corrected chi connectivity index (χ2v) is 5.60. The molecule has 0 aliphatic carbocycles. The van der Waals surface area contributed by atoms with Gasteiger partial charge in [-0.15, -0.1) is 0 Å². The quantitative estimate of drug-likeness (QED) is 0.377. The Hall–Kier alpha value is -2.67. The number of ether oxygens (including phenoxy) is 1. The number of nitrogens with one attached hydrogen (secondary N) is 1. The van der Waals surface area contributed by atoms with Gasteiger partial charge in [0.2, 0.25) is 0 Å². The molecule has 7 heteroatoms. The Morgan fingerprint density at radius 2 is 2.04 bits per heavy atom. The highest BCUT2D eigenvalue weighted by Crippen LogP contribution is 2.20. The fourth-order valence-corrected chi connectivity index (χ4v) is 2.49. The summed E-state index contributed by atoms with van der Waals surface area (Å²) in [6.45, 7) is 6.15. The topological polar surface area (TPSA) is 81.6 Å². The fourth-order valence-electron chi connectivity index (χ4n) is 2.44. The molecule has 0 aliphatic heterocycles. The fraction of sp³-hybridized carbons (Fsp3) is 0.235. The summed E-state index contributed by atoms with van der Waals surface area (Å²) in [5.74, 6) is -0.318. The molecule has 0 saturated heterocycles. The molecule has 0 amide bonds. The molecule has 126 valence electrons. The molecule has 2 aromatic rings. The van der Waals surface area contributed by atoms with Crippen LogP contribution in [0.5, 0.6) is 0 Å². The normalized spacial score (nSPS) is 10.8. The van der Waals surface area contributed by atoms with Crippen LogP contribution in [0.25, 0.3) is 5.69 Å². The van der Waals surface area contributed by atoms with Gasteiger partial charge in [-0.3, -0.25) is 5.43 Å². The highest BCUT2D eigenvalue weighted by molar-refractivity contribution is 7.80. The molecule has 1 heterocycles. The lowest BCUT2D eigenvalue weighted by atomic mass is 10.2. The number of aromatic nitrogens is 1. The van der Waals surface area contributed by atoms with Gasteiger partial charge in [0.25, 0.3) is 0 Å². The number of carbonyl (C=O) groups excluding carboxylic acids is 1. The minimum absolute atomic E-state index is 0.120. The molecular weight excluding hydrogens is 324 g/mol. The molecule has 1 aromatic heterocycles. The van der Waals surface area contributed by atoms with E-state index in [-0.39, 0.29) is 11.1 Å². The van der Waals surface area contributed by atoms with Crippen LogP contribution in [-0.2, 0) is 4.74 Å². The first-order chi connectivity index (χ1) is 11.4. The number of nitrogens with zero attached hydrogens (tertiary/aromatic N) is 2. The minimum atomic E-state index is -0.318. The number of thiocarbonyl (C=S) groups is 1. The van der Waals surface area contributed by atoms with Gasteiger partial charge >= 0.3 is 5.97 Å². The molecule has 24 heavy (non-hydrogen) atoms. The van der Waals surface area contributed by atoms with E-state index >= 15 is 0 Å². The molecule has 0 radical (unpaired) electrons. The van der Waals surface area contributed by atoms with Gasteiger partial charge < -0.3 is 15.0 Å². The van der Waals surface area contributed by atoms with Gasteiger partial charge in [0.1, 0.15) is 0 Å². The predicted molar refractivity (Wildman–Crippen MR) is 98.7 cm³/mol. The van der Waals surface area contributed by atoms with Gasteiger partial charge in [0.15, 0.2) is 5.11 Å². The molecule has 6 nitrogen and oxygen atoms in total. The van der Waals surface area contributed by atoms with E-state index < -0.39 is 0 Å². The van der Waals surface area contributed by atoms with Gasteiger partial charge in [0, 0.05) is 22.6 Å². The first kappa shape index (κ1) is 17.7. The molecular formula is C17H20N4O2S. The lowest BCUT2D eigenvalue weighted by Gasteiger charge is -2.10. The number of hydrogen-bond donors (Lipinski definition) is 2. The van der Waals surface area contributed by atoms with E-state index in [4.69, 9.17) is 22.7 Å². The highest BCUT2D eigenvalue weighted by Gasteiger charge is 2.11. The average Bonchev–Trinajstić information content (AvgIpc) is 2.82. The second-order valence-electron chi connectivity index (χ2n) is 5.16. The van der Waals surface area contributed by atoms with Crippen molar-refractivity contribution in [3.05, 3.63) is 52.8 Å². The number of rotatable bonds is 5. The lowest BCUT2D eigenvalue weighted by molar-refractivity contribution is 0.0526. The van der Waals surface area contributed by atoms with E-state index in [1.807, 2.05) is 32.0 Å². The van der Waals surface area contributed by atoms with E-state index in [0.717, 1.165) is 22.6 Å². The van der Waals surface area contributed by atoms with E-state index in [1.54, 1.807) is 25.3 Å². The van der Waals surface area contributed by atoms with Crippen molar-refractivity contribution in [1.29, 1.82) is 0 Å². The van der Waals surface area contributed by atoms with Crippen LogP contribution in [0.2, 0.25) is 0 Å². The van der Waals surface area contributed by atoms with Gasteiger partial charge in [-0.2, -0.15) is 5.10 Å². The van der Waals surface area contributed by atoms with Gasteiger partial charge in [0.05, 0.1) is 18.4 Å². The molecule has 0 aliphatic rings. The smallest absolute Gasteiger partial charge is 0.338 e. The Kier molecular flexibility index (Phi) is 5.70. The van der Waals surface area contributed by atoms with Crippen LogP contribution >= 0.6 is 12.2 Å². The van der Waals surface area contributed by atoms with Crippen molar-refractivity contribution in [2.45, 2.75) is 20.8 Å². The van der Waals surface area contributed by atoms with Crippen LogP contribution in [0.1, 0.15) is 34.2 Å². The molecule has 3 N–H and O–H groups in total. The Bertz CT molecular complexity index is 779. The number of esters is 1. The average molecular weight is 344 g/mol. The maximum Gasteiger partial charge on any atom is 0.338 e. The maximum atomic E-state index is 11.7. The Balaban J connectivity index is 2.29. The van der Waals surface area contributed by atoms with E-state index in [0.29, 0.717) is 12.2 Å². The Morgan fingerprint density at radius 3 is 2.62 bits per heavy atom. The largest absolute Gasteiger partial charge is 0.462 e. The number of hydrazone groups is 1. The third kappa shape index (κ3) is 3.99. The van der Waals surface area contributed by atoms with Crippen molar-refractivity contribution in [3.8, 4) is 5.69 Å². The molecule has 0 bridgehead atoms. The number of carbonyl (C=O) groups is 1. The lowest BCUT2D eigenvalue weighted by Crippen LogP contribution is -2.24. The van der Waals surface area contributed by atoms with Gasteiger partial charge in [-0.05, 0) is 63.3 Å². The third-order valence-electron chi connectivity index (χ3n) is 3.49. The van der Waals surface area contributed by atoms with Crippen molar-refractivity contribution in [3.63, 3.8) is 0 Å². The summed E-state index contributed by atoms with van der Waals surface area (Å²) in [5, 5.41) is 4.11. The monoisotopic (exact) mass is 344 g/mol. The summed E-state index contributed by atoms with van der Waals surface area (Å²) >= 11 is 4.71. The van der Waals surface area contributed by atoms with E-state index in [2.05, 4.69) is 15.1 Å². The van der Waals surface area contributed by atoms with Crippen LogP contribution < -0.4 is 11.2 Å². The zero-order valence-corrected chi connectivity index (χ0v) is 14.7. The van der Waals surface area contributed by atoms with Crippen LogP contribution in [-0.4, -0.2) is 28.5 Å². The minimum Gasteiger partial charge on any atom is -0.462 e. The SMILES string of the molecule is CCOC(=O)c1ccc(-n2c(C)cc(/C=N/NC(N)=S)c2C)cc1. The highest BCUT2D eigenvalue weighted by atomic mass is 32.1. The van der Waals surface area contributed by atoms with Crippen molar-refractivity contribution < 1.29 is 9.53 Å². The summed E-state index contributed by atoms with van der Waals surface area (Å²) in [6, 6.07) is 9.31. The zero-order chi connectivity index (χ0) is 17.7. The summed E-state index contributed by atoms with van der Waals surface area (Å²) in [6.07, 6.45) is 1.67. The molecule has 0 saturated carbocycles. The number of nitrogens with two attached hydrogens (primary N) is 1. The first-order valence-electron chi connectivity index (χ1n) is 7.49. The van der Waals surface area contributed by atoms with E-state index in [1.165, 1.54) is 0 Å². The van der Waals surface area contributed by atoms with Crippen molar-refractivity contribution in [2.75, 3.05) is 6.61 Å². The molecule has 0 spiro atoms. The summed E-state index contributed by atoms with van der Waals surface area (Å²) in [7, 11) is 0. The summed E-state index contributed by atoms with van der Waals surface area (Å²) in [5.41, 5.74) is 12.4. The third-order valence-corrected chi connectivity index (χ3v) is 3.58. The van der Waals surface area contributed by atoms with Crippen LogP contribution in [0.4, 0.5) is 0 Å². The standard InChI is InChI=1S/C17H20N4O2S/c1-4-23-16(22)13-5-7-15(8-6-13)21-11(2)9-14(12(21)3)10-19-20-17(18)24/h5-10H,4H2,1-3H3,(H3,18,20,24)/b19-10+. The Labute approximate surface area is 146 Å². The molecule has 0 atom stereocenters. The predicted octanol–water partition coefficient (Wildman–Crippen LogP) is 2.44. The molecule has 1 aromatic carbocycles. The summed E-state index contributed by atoms with van der Waals surface area (Å²) in [4.78, 5) is 11.7. The summed E-state index contributed by atoms with van der Waals surface area (Å²) < 4.78 is 7.08. The number of aryl methyl sites for hydroxylation is 1. The zero-order valence-electron chi connectivity index (χ0n) is 13.9. The molecule has 0 fully saturated rings. The van der Waals surface area contributed by atoms with E-state index in [9.17, 15) is 4.79 Å². The first-order valence-corrected chi connectivity index (χ1v) is 7.90. The number of hydrogen-bond acceptors (Lipinski definition) is 4. The van der Waals surface area contributed by atoms with Crippen molar-refractivity contribution in [1.82, 2.24) is 9.99 Å². The number of benzene rings is 1. The van der Waals surface area contributed by atoms with Crippen LogP contribution in [0, 0.1) is 13.8 Å². The molecule has 0 unspecified atom stereocenters. The van der Waals surface area contributed by atoms with Crippen molar-refractivity contribution in [2.24, 2.45) is 10.8 Å². The van der Waals surface area contributed by atoms with Crippen LogP contribution in [0.3, 0.4) is 0 Å². The van der Waals surface area contributed by atoms with Crippen molar-refractivity contribution >= 4 is 29.5 Å². The molecule has 2 rings (SSSR count). The second kappa shape index (κ2) is 7.74.